The molecule has 0 unspecified atom stereocenters. The molecule has 0 atom stereocenters. The van der Waals surface area contributed by atoms with Gasteiger partial charge in [0.05, 0.1) is 6.26 Å². The fraction of sp³-hybridized carbons (Fsp3) is 0.0556. The molecule has 0 aliphatic carbocycles. The number of amides is 1. The van der Waals surface area contributed by atoms with Crippen LogP contribution in [0.2, 0.25) is 5.02 Å². The van der Waals surface area contributed by atoms with Crippen molar-refractivity contribution in [1.29, 1.82) is 0 Å². The number of hydrogen-bond acceptors (Lipinski definition) is 2. The Morgan fingerprint density at radius 3 is 2.82 bits per heavy atom. The Morgan fingerprint density at radius 1 is 1.18 bits per heavy atom. The van der Waals surface area contributed by atoms with Gasteiger partial charge in [0.15, 0.2) is 0 Å². The molecule has 1 amide bonds. The van der Waals surface area contributed by atoms with E-state index in [1.54, 1.807) is 24.3 Å². The zero-order valence-corrected chi connectivity index (χ0v) is 12.7. The largest absolute Gasteiger partial charge is 0.464 e. The minimum atomic E-state index is -0.196. The second-order valence-corrected chi connectivity index (χ2v) is 5.38. The smallest absolute Gasteiger partial charge is 0.255 e. The summed E-state index contributed by atoms with van der Waals surface area (Å²) in [6, 6.07) is 12.9. The van der Waals surface area contributed by atoms with E-state index >= 15 is 0 Å². The Kier molecular flexibility index (Phi) is 3.98. The maximum atomic E-state index is 12.4. The monoisotopic (exact) mass is 311 g/mol. The maximum absolute atomic E-state index is 12.4. The number of carbonyl (C=O) groups is 1. The number of aryl methyl sites for hydroxylation is 1. The highest BCUT2D eigenvalue weighted by molar-refractivity contribution is 6.31. The van der Waals surface area contributed by atoms with Gasteiger partial charge in [0.1, 0.15) is 5.75 Å². The van der Waals surface area contributed by atoms with E-state index < -0.39 is 0 Å². The second kappa shape index (κ2) is 6.08. The first-order chi connectivity index (χ1) is 10.6. The van der Waals surface area contributed by atoms with Gasteiger partial charge < -0.3 is 10.1 Å². The van der Waals surface area contributed by atoms with Crippen LogP contribution < -0.4 is 10.1 Å². The number of fused-ring (bicyclic) bond motifs is 1. The van der Waals surface area contributed by atoms with Gasteiger partial charge in [-0.3, -0.25) is 4.79 Å². The molecule has 0 aromatic heterocycles. The van der Waals surface area contributed by atoms with Gasteiger partial charge in [-0.15, -0.1) is 0 Å². The predicted molar refractivity (Wildman–Crippen MR) is 89.0 cm³/mol. The van der Waals surface area contributed by atoms with Gasteiger partial charge in [0.2, 0.25) is 0 Å². The highest BCUT2D eigenvalue weighted by atomic mass is 35.5. The summed E-state index contributed by atoms with van der Waals surface area (Å²) in [6.07, 6.45) is 4.97. The van der Waals surface area contributed by atoms with Crippen molar-refractivity contribution in [3.05, 3.63) is 76.5 Å². The van der Waals surface area contributed by atoms with Crippen LogP contribution in [0.15, 0.2) is 60.4 Å². The van der Waals surface area contributed by atoms with Crippen molar-refractivity contribution in [2.75, 3.05) is 5.32 Å². The molecule has 110 valence electrons. The zero-order valence-electron chi connectivity index (χ0n) is 12.0. The van der Waals surface area contributed by atoms with Crippen LogP contribution in [-0.2, 0) is 4.79 Å². The van der Waals surface area contributed by atoms with Gasteiger partial charge >= 0.3 is 0 Å². The summed E-state index contributed by atoms with van der Waals surface area (Å²) in [5.74, 6) is 0.530. The summed E-state index contributed by atoms with van der Waals surface area (Å²) >= 11 is 5.99. The molecule has 0 saturated carbocycles. The molecule has 1 aliphatic heterocycles. The minimum Gasteiger partial charge on any atom is -0.464 e. The lowest BCUT2D eigenvalue weighted by Gasteiger charge is -2.07. The van der Waals surface area contributed by atoms with Crippen LogP contribution in [0.25, 0.3) is 6.08 Å². The molecule has 1 aliphatic rings. The van der Waals surface area contributed by atoms with E-state index in [1.165, 1.54) is 6.26 Å². The molecule has 3 rings (SSSR count). The molecule has 3 nitrogen and oxygen atoms in total. The van der Waals surface area contributed by atoms with Crippen LogP contribution in [0.1, 0.15) is 11.1 Å². The lowest BCUT2D eigenvalue weighted by Crippen LogP contribution is -2.13. The van der Waals surface area contributed by atoms with Gasteiger partial charge in [-0.25, -0.2) is 0 Å². The average molecular weight is 312 g/mol. The number of rotatable bonds is 2. The van der Waals surface area contributed by atoms with Crippen molar-refractivity contribution >= 4 is 29.3 Å². The maximum Gasteiger partial charge on any atom is 0.255 e. The molecular weight excluding hydrogens is 298 g/mol. The van der Waals surface area contributed by atoms with Crippen LogP contribution >= 0.6 is 11.6 Å². The molecule has 22 heavy (non-hydrogen) atoms. The van der Waals surface area contributed by atoms with Gasteiger partial charge in [0.25, 0.3) is 5.91 Å². The highest BCUT2D eigenvalue weighted by Gasteiger charge is 2.12. The Labute approximate surface area is 133 Å². The summed E-state index contributed by atoms with van der Waals surface area (Å²) in [5.41, 5.74) is 3.01. The molecule has 4 heteroatoms. The summed E-state index contributed by atoms with van der Waals surface area (Å²) in [4.78, 5) is 12.4. The van der Waals surface area contributed by atoms with E-state index in [0.29, 0.717) is 16.3 Å². The molecule has 1 N–H and O–H groups in total. The van der Waals surface area contributed by atoms with Crippen LogP contribution in [-0.4, -0.2) is 5.91 Å². The first kappa shape index (κ1) is 14.4. The van der Waals surface area contributed by atoms with Crippen molar-refractivity contribution in [3.8, 4) is 5.75 Å². The number of ether oxygens (including phenoxy) is 1. The Bertz CT molecular complexity index is 793. The van der Waals surface area contributed by atoms with Crippen molar-refractivity contribution in [3.63, 3.8) is 0 Å². The van der Waals surface area contributed by atoms with Crippen LogP contribution in [0, 0.1) is 6.92 Å². The number of anilines is 1. The topological polar surface area (TPSA) is 38.3 Å². The zero-order chi connectivity index (χ0) is 15.5. The van der Waals surface area contributed by atoms with Crippen molar-refractivity contribution < 1.29 is 9.53 Å². The van der Waals surface area contributed by atoms with E-state index in [9.17, 15) is 4.79 Å². The fourth-order valence-electron chi connectivity index (χ4n) is 2.17. The number of benzene rings is 2. The average Bonchev–Trinajstić information content (AvgIpc) is 2.73. The lowest BCUT2D eigenvalue weighted by atomic mass is 10.1. The SMILES string of the molecule is Cc1cc(NC(=O)C2=Cc3ccccc3OC=C2)ccc1Cl. The second-order valence-electron chi connectivity index (χ2n) is 4.98. The van der Waals surface area contributed by atoms with Crippen LogP contribution in [0.5, 0.6) is 5.75 Å². The Hall–Kier alpha value is -2.52. The summed E-state index contributed by atoms with van der Waals surface area (Å²) in [6.45, 7) is 1.90. The summed E-state index contributed by atoms with van der Waals surface area (Å²) in [7, 11) is 0. The van der Waals surface area contributed by atoms with Gasteiger partial charge in [-0.2, -0.15) is 0 Å². The molecule has 0 radical (unpaired) electrons. The van der Waals surface area contributed by atoms with Crippen molar-refractivity contribution in [2.24, 2.45) is 0 Å². The van der Waals surface area contributed by atoms with E-state index in [4.69, 9.17) is 16.3 Å². The molecule has 0 bridgehead atoms. The van der Waals surface area contributed by atoms with E-state index in [-0.39, 0.29) is 5.91 Å². The third-order valence-corrected chi connectivity index (χ3v) is 3.77. The number of para-hydroxylation sites is 1. The molecular formula is C18H14ClNO2. The van der Waals surface area contributed by atoms with E-state index in [0.717, 1.165) is 16.9 Å². The predicted octanol–water partition coefficient (Wildman–Crippen LogP) is 4.58. The third-order valence-electron chi connectivity index (χ3n) is 3.35. The quantitative estimate of drug-likeness (QED) is 0.881. The Morgan fingerprint density at radius 2 is 2.00 bits per heavy atom. The number of halogens is 1. The Balaban J connectivity index is 1.85. The summed E-state index contributed by atoms with van der Waals surface area (Å²) < 4.78 is 5.48. The van der Waals surface area contributed by atoms with Gasteiger partial charge in [-0.05, 0) is 48.9 Å². The van der Waals surface area contributed by atoms with Crippen molar-refractivity contribution in [2.45, 2.75) is 6.92 Å². The molecule has 0 spiro atoms. The standard InChI is InChI=1S/C18H14ClNO2/c1-12-10-15(6-7-16(12)19)20-18(21)14-8-9-22-17-5-3-2-4-13(17)11-14/h2-11H,1H3,(H,20,21). The normalized spacial score (nSPS) is 12.7. The molecule has 2 aromatic carbocycles. The minimum absolute atomic E-state index is 0.196. The summed E-state index contributed by atoms with van der Waals surface area (Å²) in [5, 5.41) is 3.54. The third kappa shape index (κ3) is 3.05. The molecule has 0 fully saturated rings. The van der Waals surface area contributed by atoms with Gasteiger partial charge in [-0.1, -0.05) is 29.8 Å². The number of carbonyl (C=O) groups excluding carboxylic acids is 1. The van der Waals surface area contributed by atoms with E-state index in [1.807, 2.05) is 37.3 Å². The fourth-order valence-corrected chi connectivity index (χ4v) is 2.29. The van der Waals surface area contributed by atoms with Gasteiger partial charge in [0, 0.05) is 21.8 Å². The number of nitrogens with one attached hydrogen (secondary N) is 1. The van der Waals surface area contributed by atoms with Crippen LogP contribution in [0.4, 0.5) is 5.69 Å². The van der Waals surface area contributed by atoms with E-state index in [2.05, 4.69) is 5.32 Å². The first-order valence-electron chi connectivity index (χ1n) is 6.85. The molecule has 1 heterocycles. The molecule has 2 aromatic rings. The number of hydrogen-bond donors (Lipinski definition) is 1. The lowest BCUT2D eigenvalue weighted by molar-refractivity contribution is -0.112. The molecule has 0 saturated heterocycles. The highest BCUT2D eigenvalue weighted by Crippen LogP contribution is 2.25. The van der Waals surface area contributed by atoms with Crippen LogP contribution in [0.3, 0.4) is 0 Å². The first-order valence-corrected chi connectivity index (χ1v) is 7.23. The van der Waals surface area contributed by atoms with Crippen molar-refractivity contribution in [1.82, 2.24) is 0 Å².